The van der Waals surface area contributed by atoms with E-state index >= 15 is 0 Å². The highest BCUT2D eigenvalue weighted by Crippen LogP contribution is 2.16. The summed E-state index contributed by atoms with van der Waals surface area (Å²) in [6.07, 6.45) is 14.4. The maximum Gasteiger partial charge on any atom is 0.251 e. The number of aromatic nitrogens is 3. The first kappa shape index (κ1) is 21.3. The van der Waals surface area contributed by atoms with Crippen LogP contribution in [0.3, 0.4) is 0 Å². The van der Waals surface area contributed by atoms with Gasteiger partial charge in [0.25, 0.3) is 5.91 Å². The lowest BCUT2D eigenvalue weighted by molar-refractivity contribution is 0.0951. The Bertz CT molecular complexity index is 1200. The Morgan fingerprint density at radius 2 is 2.16 bits per heavy atom. The van der Waals surface area contributed by atoms with Gasteiger partial charge in [-0.25, -0.2) is 4.68 Å². The predicted molar refractivity (Wildman–Crippen MR) is 122 cm³/mol. The Kier molecular flexibility index (Phi) is 7.54. The fourth-order valence-corrected chi connectivity index (χ4v) is 2.75. The first-order chi connectivity index (χ1) is 15.2. The van der Waals surface area contributed by atoms with Crippen molar-refractivity contribution in [2.24, 2.45) is 0 Å². The summed E-state index contributed by atoms with van der Waals surface area (Å²) in [4.78, 5) is 16.8. The summed E-state index contributed by atoms with van der Waals surface area (Å²) in [5.74, 6) is 6.10. The predicted octanol–water partition coefficient (Wildman–Crippen LogP) is 4.39. The number of benzene rings is 1. The number of nitrogens with zero attached hydrogens (tertiary/aromatic N) is 3. The largest absolute Gasteiger partial charge is 0.348 e. The first-order valence-electron chi connectivity index (χ1n) is 9.73. The van der Waals surface area contributed by atoms with Gasteiger partial charge >= 0.3 is 0 Å². The van der Waals surface area contributed by atoms with Crippen molar-refractivity contribution in [2.45, 2.75) is 13.5 Å². The molecule has 5 nitrogen and oxygen atoms in total. The van der Waals surface area contributed by atoms with Crippen molar-refractivity contribution in [3.05, 3.63) is 120 Å². The average molecular weight is 406 g/mol. The molecule has 0 unspecified atom stereocenters. The molecule has 0 radical (unpaired) electrons. The number of carbonyl (C=O) groups excluding carboxylic acids is 1. The Labute approximate surface area is 182 Å². The Morgan fingerprint density at radius 3 is 2.87 bits per heavy atom. The highest BCUT2D eigenvalue weighted by Gasteiger charge is 2.10. The quantitative estimate of drug-likeness (QED) is 0.375. The van der Waals surface area contributed by atoms with Crippen molar-refractivity contribution >= 4 is 5.91 Å². The van der Waals surface area contributed by atoms with Crippen LogP contribution in [0.5, 0.6) is 0 Å². The molecule has 152 valence electrons. The van der Waals surface area contributed by atoms with E-state index < -0.39 is 0 Å². The molecule has 0 fully saturated rings. The smallest absolute Gasteiger partial charge is 0.251 e. The molecule has 1 amide bonds. The maximum atomic E-state index is 12.7. The summed E-state index contributed by atoms with van der Waals surface area (Å²) < 4.78 is 1.72. The van der Waals surface area contributed by atoms with Crippen molar-refractivity contribution in [1.82, 2.24) is 20.1 Å². The molecule has 2 heterocycles. The zero-order valence-electron chi connectivity index (χ0n) is 17.2. The minimum Gasteiger partial charge on any atom is -0.348 e. The van der Waals surface area contributed by atoms with Gasteiger partial charge in [-0.3, -0.25) is 9.78 Å². The lowest BCUT2D eigenvalue weighted by Crippen LogP contribution is -2.23. The van der Waals surface area contributed by atoms with Crippen LogP contribution >= 0.6 is 0 Å². The van der Waals surface area contributed by atoms with Crippen LogP contribution in [-0.4, -0.2) is 20.7 Å². The summed E-state index contributed by atoms with van der Waals surface area (Å²) in [6.45, 7) is 5.95. The second kappa shape index (κ2) is 11.0. The van der Waals surface area contributed by atoms with Crippen LogP contribution in [0.2, 0.25) is 0 Å². The van der Waals surface area contributed by atoms with Gasteiger partial charge in [0.1, 0.15) is 0 Å². The van der Waals surface area contributed by atoms with Crippen molar-refractivity contribution < 1.29 is 4.79 Å². The molecule has 3 rings (SSSR count). The molecule has 5 heteroatoms. The van der Waals surface area contributed by atoms with E-state index in [4.69, 9.17) is 0 Å². The van der Waals surface area contributed by atoms with E-state index in [1.54, 1.807) is 41.5 Å². The molecule has 0 aliphatic heterocycles. The molecule has 3 aromatic rings. The number of allylic oxidation sites excluding steroid dienone is 5. The van der Waals surface area contributed by atoms with Gasteiger partial charge in [0.15, 0.2) is 0 Å². The molecule has 1 aromatic carbocycles. The van der Waals surface area contributed by atoms with Crippen LogP contribution in [0.1, 0.15) is 28.4 Å². The number of hydrogen-bond donors (Lipinski definition) is 1. The van der Waals surface area contributed by atoms with Gasteiger partial charge < -0.3 is 5.32 Å². The topological polar surface area (TPSA) is 59.8 Å². The maximum absolute atomic E-state index is 12.7. The van der Waals surface area contributed by atoms with Crippen molar-refractivity contribution in [3.8, 4) is 17.5 Å². The zero-order valence-corrected chi connectivity index (χ0v) is 17.2. The van der Waals surface area contributed by atoms with E-state index in [1.165, 1.54) is 0 Å². The van der Waals surface area contributed by atoms with Crippen LogP contribution in [-0.2, 0) is 6.54 Å². The number of amides is 1. The van der Waals surface area contributed by atoms with Crippen LogP contribution in [0.25, 0.3) is 5.69 Å². The van der Waals surface area contributed by atoms with E-state index in [0.717, 1.165) is 16.8 Å². The van der Waals surface area contributed by atoms with Crippen LogP contribution in [0, 0.1) is 11.8 Å². The van der Waals surface area contributed by atoms with Crippen molar-refractivity contribution in [3.63, 3.8) is 0 Å². The molecule has 0 spiro atoms. The van der Waals surface area contributed by atoms with Crippen LogP contribution in [0.4, 0.5) is 0 Å². The van der Waals surface area contributed by atoms with E-state index in [2.05, 4.69) is 39.6 Å². The lowest BCUT2D eigenvalue weighted by Gasteiger charge is -2.09. The van der Waals surface area contributed by atoms with Crippen LogP contribution in [0.15, 0.2) is 103 Å². The fraction of sp³-hybridized carbons (Fsp3) is 0.0769. The molecule has 0 atom stereocenters. The second-order valence-corrected chi connectivity index (χ2v) is 6.47. The molecule has 0 saturated carbocycles. The Morgan fingerprint density at radius 1 is 1.26 bits per heavy atom. The summed E-state index contributed by atoms with van der Waals surface area (Å²) in [6, 6.07) is 11.0. The first-order valence-corrected chi connectivity index (χ1v) is 9.73. The molecule has 31 heavy (non-hydrogen) atoms. The van der Waals surface area contributed by atoms with Gasteiger partial charge in [0.05, 0.1) is 11.3 Å². The third kappa shape index (κ3) is 6.04. The van der Waals surface area contributed by atoms with Gasteiger partial charge in [0, 0.05) is 42.5 Å². The van der Waals surface area contributed by atoms with E-state index in [9.17, 15) is 4.79 Å². The molecule has 1 N–H and O–H groups in total. The Hall–Kier alpha value is -4.39. The second-order valence-electron chi connectivity index (χ2n) is 6.47. The fourth-order valence-electron chi connectivity index (χ4n) is 2.75. The number of rotatable bonds is 6. The minimum atomic E-state index is -0.186. The minimum absolute atomic E-state index is 0.186. The summed E-state index contributed by atoms with van der Waals surface area (Å²) in [5.41, 5.74) is 6.42. The highest BCUT2D eigenvalue weighted by molar-refractivity contribution is 5.95. The summed E-state index contributed by atoms with van der Waals surface area (Å²) >= 11 is 0. The number of nitrogens with one attached hydrogen (secondary N) is 1. The van der Waals surface area contributed by atoms with Crippen molar-refractivity contribution in [2.75, 3.05) is 0 Å². The number of pyridine rings is 1. The molecular weight excluding hydrogens is 384 g/mol. The third-order valence-electron chi connectivity index (χ3n) is 4.25. The number of carbonyl (C=O) groups is 1. The van der Waals surface area contributed by atoms with Crippen LogP contribution < -0.4 is 5.32 Å². The normalized spacial score (nSPS) is 10.8. The van der Waals surface area contributed by atoms with Gasteiger partial charge in [-0.15, -0.1) is 5.73 Å². The zero-order chi connectivity index (χ0) is 21.9. The van der Waals surface area contributed by atoms with E-state index in [1.807, 2.05) is 55.6 Å². The van der Waals surface area contributed by atoms with Gasteiger partial charge in [-0.2, -0.15) is 5.10 Å². The molecule has 0 bridgehead atoms. The van der Waals surface area contributed by atoms with E-state index in [-0.39, 0.29) is 5.91 Å². The van der Waals surface area contributed by atoms with Gasteiger partial charge in [-0.1, -0.05) is 36.6 Å². The number of hydrogen-bond acceptors (Lipinski definition) is 3. The Balaban J connectivity index is 1.93. The molecule has 0 aliphatic carbocycles. The third-order valence-corrected chi connectivity index (χ3v) is 4.25. The summed E-state index contributed by atoms with van der Waals surface area (Å²) in [7, 11) is 0. The monoisotopic (exact) mass is 406 g/mol. The molecule has 2 aromatic heterocycles. The highest BCUT2D eigenvalue weighted by atomic mass is 16.1. The van der Waals surface area contributed by atoms with Gasteiger partial charge in [0.2, 0.25) is 0 Å². The standard InChI is InChI=1S/C26H22N4O/c1-3-5-9-21(8-4-2)11-12-23-18-24(13-14-25(23)30-17-7-16-29-30)26(31)28-20-22-10-6-15-27-19-22/h3,5-10,13-19H,2,20H2,1H3,(H,28,31)/b5-3-,21-9+. The van der Waals surface area contributed by atoms with E-state index in [0.29, 0.717) is 17.7 Å². The molecule has 0 aliphatic rings. The van der Waals surface area contributed by atoms with Crippen molar-refractivity contribution in [1.29, 1.82) is 0 Å². The molecular formula is C26H22N4O. The lowest BCUT2D eigenvalue weighted by atomic mass is 10.1. The average Bonchev–Trinajstić information content (AvgIpc) is 3.34. The summed E-state index contributed by atoms with van der Waals surface area (Å²) in [5, 5.41) is 7.21. The molecule has 0 saturated heterocycles. The van der Waals surface area contributed by atoms with Gasteiger partial charge in [-0.05, 0) is 55.0 Å². The SMILES string of the molecule is C=C=C/C(C#Cc1cc(C(=O)NCc2cccnc2)ccc1-n1cccn1)=C\C=C/C.